The fourth-order valence-corrected chi connectivity index (χ4v) is 3.68. The zero-order valence-corrected chi connectivity index (χ0v) is 18.3. The lowest BCUT2D eigenvalue weighted by Gasteiger charge is -2.55. The molecule has 0 bridgehead atoms. The summed E-state index contributed by atoms with van der Waals surface area (Å²) in [6, 6.07) is -1.29. The molecule has 16 heteroatoms. The van der Waals surface area contributed by atoms with Gasteiger partial charge in [-0.25, -0.2) is 0 Å². The Balaban J connectivity index is -0.000000298. The van der Waals surface area contributed by atoms with Crippen molar-refractivity contribution in [3.63, 3.8) is 0 Å². The smallest absolute Gasteiger partial charge is 0.280 e. The molecule has 0 amide bonds. The van der Waals surface area contributed by atoms with Crippen LogP contribution in [0.5, 0.6) is 0 Å². The van der Waals surface area contributed by atoms with Crippen LogP contribution >= 0.6 is 24.8 Å². The van der Waals surface area contributed by atoms with Crippen molar-refractivity contribution < 1.29 is 61.7 Å². The average molecular weight is 495 g/mol. The Kier molecular flexibility index (Phi) is 19.7. The van der Waals surface area contributed by atoms with Gasteiger partial charge in [-0.2, -0.15) is 0 Å². The molecule has 1 aliphatic carbocycles. The summed E-state index contributed by atoms with van der Waals surface area (Å²) >= 11 is 0. The van der Waals surface area contributed by atoms with E-state index in [9.17, 15) is 20.1 Å². The summed E-state index contributed by atoms with van der Waals surface area (Å²) in [4.78, 5) is 12.2. The van der Waals surface area contributed by atoms with Gasteiger partial charge >= 0.3 is 0 Å². The predicted molar refractivity (Wildman–Crippen MR) is 109 cm³/mol. The Morgan fingerprint density at radius 3 is 1.87 bits per heavy atom. The van der Waals surface area contributed by atoms with Gasteiger partial charge in [-0.3, -0.25) is 4.79 Å². The van der Waals surface area contributed by atoms with Crippen molar-refractivity contribution in [1.82, 2.24) is 10.6 Å². The zero-order valence-electron chi connectivity index (χ0n) is 16.6. The second-order valence-electron chi connectivity index (χ2n) is 6.40. The molecule has 0 unspecified atom stereocenters. The molecule has 9 atom stereocenters. The number of aliphatic hydroxyl groups is 3. The highest BCUT2D eigenvalue weighted by Crippen LogP contribution is 2.40. The zero-order chi connectivity index (χ0) is 16.9. The van der Waals surface area contributed by atoms with Gasteiger partial charge in [-0.1, -0.05) is 0 Å². The van der Waals surface area contributed by atoms with Crippen molar-refractivity contribution in [2.75, 3.05) is 14.1 Å². The summed E-state index contributed by atoms with van der Waals surface area (Å²) in [7, 11) is 3.24. The number of carbonyl (C=O) groups excluding carboxylic acids is 1. The molecule has 3 aliphatic rings. The van der Waals surface area contributed by atoms with E-state index in [1.807, 2.05) is 0 Å². The van der Waals surface area contributed by atoms with Crippen LogP contribution in [0.3, 0.4) is 0 Å². The van der Waals surface area contributed by atoms with Gasteiger partial charge in [0.05, 0.1) is 24.3 Å². The van der Waals surface area contributed by atoms with Crippen LogP contribution in [0.15, 0.2) is 0 Å². The number of hydrogen-bond donors (Lipinski definition) is 5. The number of Topliss-reactive ketones (excluding diaryl/α,β-unsaturated/α-hetero) is 1. The molecule has 0 spiro atoms. The molecule has 3 rings (SSSR count). The Morgan fingerprint density at radius 2 is 1.40 bits per heavy atom. The molecule has 0 radical (unpaired) electrons. The third-order valence-electron chi connectivity index (χ3n) is 4.93. The van der Waals surface area contributed by atoms with Crippen LogP contribution in [-0.2, 0) is 19.0 Å². The minimum Gasteiger partial charge on any atom is -0.412 e. The van der Waals surface area contributed by atoms with Crippen molar-refractivity contribution in [2.24, 2.45) is 0 Å². The van der Waals surface area contributed by atoms with Gasteiger partial charge in [0, 0.05) is 6.42 Å². The van der Waals surface area contributed by atoms with E-state index in [0.29, 0.717) is 0 Å². The number of ketones is 1. The molecule has 0 aromatic carbocycles. The SMILES string of the molecule is CN[C@@H]1[C@H](O)[C@H](NC)[C@@H]2O[C@@]3(O)C(=O)C[C@@H](C)O[C@H]3O[C@H]2[C@H]1O.Cl.Cl.O.O.O.O.O. The third kappa shape index (κ3) is 6.16. The highest BCUT2D eigenvalue weighted by atomic mass is 35.5. The van der Waals surface area contributed by atoms with Crippen LogP contribution in [0.4, 0.5) is 0 Å². The van der Waals surface area contributed by atoms with Crippen molar-refractivity contribution in [1.29, 1.82) is 0 Å². The number of hydrogen-bond acceptors (Lipinski definition) is 9. The number of aliphatic hydroxyl groups excluding tert-OH is 2. The van der Waals surface area contributed by atoms with Gasteiger partial charge in [0.1, 0.15) is 18.3 Å². The summed E-state index contributed by atoms with van der Waals surface area (Å²) in [5, 5.41) is 37.2. The lowest BCUT2D eigenvalue weighted by atomic mass is 9.80. The van der Waals surface area contributed by atoms with E-state index in [1.54, 1.807) is 21.0 Å². The van der Waals surface area contributed by atoms with Crippen molar-refractivity contribution in [3.8, 4) is 0 Å². The molecular formula is C14H36Cl2N2O12. The molecule has 30 heavy (non-hydrogen) atoms. The van der Waals surface area contributed by atoms with Crippen LogP contribution in [0.1, 0.15) is 13.3 Å². The monoisotopic (exact) mass is 494 g/mol. The summed E-state index contributed by atoms with van der Waals surface area (Å²) in [6.45, 7) is 1.70. The van der Waals surface area contributed by atoms with Crippen LogP contribution in [0, 0.1) is 0 Å². The molecule has 3 fully saturated rings. The second-order valence-corrected chi connectivity index (χ2v) is 6.40. The van der Waals surface area contributed by atoms with E-state index in [0.717, 1.165) is 0 Å². The van der Waals surface area contributed by atoms with E-state index >= 15 is 0 Å². The Labute approximate surface area is 185 Å². The number of fused-ring (bicyclic) bond motifs is 2. The Hall–Kier alpha value is -0.270. The van der Waals surface area contributed by atoms with Gasteiger partial charge in [-0.05, 0) is 21.0 Å². The summed E-state index contributed by atoms with van der Waals surface area (Å²) in [5.74, 6) is -2.76. The van der Waals surface area contributed by atoms with E-state index in [1.165, 1.54) is 0 Å². The van der Waals surface area contributed by atoms with Gasteiger partial charge in [-0.15, -0.1) is 24.8 Å². The maximum Gasteiger partial charge on any atom is 0.280 e. The number of rotatable bonds is 2. The van der Waals surface area contributed by atoms with Crippen LogP contribution in [-0.4, -0.2) is 117 Å². The summed E-state index contributed by atoms with van der Waals surface area (Å²) in [6.07, 6.45) is -5.58. The van der Waals surface area contributed by atoms with Crippen molar-refractivity contribution >= 4 is 30.6 Å². The normalized spacial score (nSPS) is 41.1. The predicted octanol–water partition coefficient (Wildman–Crippen LogP) is -6.21. The molecule has 15 N–H and O–H groups in total. The van der Waals surface area contributed by atoms with Crippen LogP contribution in [0.2, 0.25) is 0 Å². The number of nitrogens with one attached hydrogen (secondary N) is 2. The molecule has 0 aromatic heterocycles. The first-order chi connectivity index (χ1) is 10.8. The Morgan fingerprint density at radius 1 is 0.900 bits per heavy atom. The van der Waals surface area contributed by atoms with E-state index in [4.69, 9.17) is 14.2 Å². The highest BCUT2D eigenvalue weighted by molar-refractivity contribution is 5.87. The lowest BCUT2D eigenvalue weighted by Crippen LogP contribution is -2.77. The maximum absolute atomic E-state index is 12.2. The molecule has 1 saturated carbocycles. The average Bonchev–Trinajstić information content (AvgIpc) is 2.49. The van der Waals surface area contributed by atoms with E-state index in [2.05, 4.69) is 10.6 Å². The first-order valence-electron chi connectivity index (χ1n) is 7.78. The molecule has 0 aromatic rings. The maximum atomic E-state index is 12.2. The molecule has 14 nitrogen and oxygen atoms in total. The first kappa shape index (κ1) is 40.1. The van der Waals surface area contributed by atoms with E-state index < -0.39 is 60.5 Å². The quantitative estimate of drug-likeness (QED) is 0.243. The third-order valence-corrected chi connectivity index (χ3v) is 4.93. The number of likely N-dealkylation sites (N-methyl/N-ethyl adjacent to an activating group) is 2. The molecule has 2 heterocycles. The highest BCUT2D eigenvalue weighted by Gasteiger charge is 2.63. The van der Waals surface area contributed by atoms with Gasteiger partial charge in [0.25, 0.3) is 5.79 Å². The van der Waals surface area contributed by atoms with E-state index in [-0.39, 0.29) is 58.6 Å². The number of carbonyl (C=O) groups is 1. The largest absolute Gasteiger partial charge is 0.412 e. The fraction of sp³-hybridized carbons (Fsp3) is 0.929. The molecule has 2 aliphatic heterocycles. The van der Waals surface area contributed by atoms with Gasteiger partial charge in [0.15, 0.2) is 5.78 Å². The summed E-state index contributed by atoms with van der Waals surface area (Å²) < 4.78 is 16.8. The van der Waals surface area contributed by atoms with Gasteiger partial charge in [0.2, 0.25) is 6.29 Å². The van der Waals surface area contributed by atoms with Crippen LogP contribution < -0.4 is 10.6 Å². The second kappa shape index (κ2) is 14.7. The van der Waals surface area contributed by atoms with Crippen LogP contribution in [0.25, 0.3) is 0 Å². The standard InChI is InChI=1S/C14H24N2O7.2ClH.5H2O/c1-5-4-6(17)14(20)13(21-5)22-12-10(19)7(15-2)9(18)8(16-3)11(12)23-14;;;;;;;/h5,7-13,15-16,18-20H,4H2,1-3H3;2*1H;5*1H2/t5-,7-,8+,9+,10+,11+,12+,13+,14+;;;;;;;/m1......./s1. The minimum absolute atomic E-state index is 0. The lowest BCUT2D eigenvalue weighted by molar-refractivity contribution is -0.420. The minimum atomic E-state index is -2.23. The topological polar surface area (TPSA) is 287 Å². The fourth-order valence-electron chi connectivity index (χ4n) is 3.68. The van der Waals surface area contributed by atoms with Crippen molar-refractivity contribution in [2.45, 2.75) is 68.0 Å². The Bertz CT molecular complexity index is 496. The molecule has 2 saturated heterocycles. The van der Waals surface area contributed by atoms with Crippen molar-refractivity contribution in [3.05, 3.63) is 0 Å². The van der Waals surface area contributed by atoms with Gasteiger partial charge < -0.3 is 67.5 Å². The first-order valence-corrected chi connectivity index (χ1v) is 7.78. The molecule has 188 valence electrons. The number of halogens is 2. The number of ether oxygens (including phenoxy) is 3. The molecular weight excluding hydrogens is 459 g/mol. The summed E-state index contributed by atoms with van der Waals surface area (Å²) in [5.41, 5.74) is 0.